The third-order valence-corrected chi connectivity index (χ3v) is 6.95. The number of benzene rings is 2. The molecule has 2 aliphatic rings. The molecule has 32 heavy (non-hydrogen) atoms. The van der Waals surface area contributed by atoms with Crippen LogP contribution in [-0.4, -0.2) is 36.0 Å². The summed E-state index contributed by atoms with van der Waals surface area (Å²) in [5.41, 5.74) is 2.78. The molecule has 1 fully saturated rings. The molecule has 1 aliphatic carbocycles. The van der Waals surface area contributed by atoms with E-state index in [1.165, 1.54) is 12.8 Å². The molecule has 0 spiro atoms. The van der Waals surface area contributed by atoms with Crippen molar-refractivity contribution in [2.24, 2.45) is 10.9 Å². The molecule has 1 atom stereocenters. The molecule has 0 saturated heterocycles. The van der Waals surface area contributed by atoms with Crippen LogP contribution in [-0.2, 0) is 4.79 Å². The molecule has 0 radical (unpaired) electrons. The molecular formula is C24H26Cl2N4OS. The molecule has 2 N–H and O–H groups in total. The van der Waals surface area contributed by atoms with Crippen molar-refractivity contribution in [2.45, 2.75) is 44.8 Å². The van der Waals surface area contributed by atoms with E-state index < -0.39 is 6.17 Å². The molecule has 1 unspecified atom stereocenters. The zero-order valence-electron chi connectivity index (χ0n) is 18.1. The van der Waals surface area contributed by atoms with E-state index in [2.05, 4.69) is 17.6 Å². The number of thiocarbonyl (C=S) groups is 1. The van der Waals surface area contributed by atoms with Gasteiger partial charge in [-0.1, -0.05) is 48.3 Å². The number of hydrogen-bond acceptors (Lipinski definition) is 3. The summed E-state index contributed by atoms with van der Waals surface area (Å²) in [6.07, 6.45) is 3.60. The summed E-state index contributed by atoms with van der Waals surface area (Å²) in [4.78, 5) is 19.7. The Morgan fingerprint density at radius 3 is 2.50 bits per heavy atom. The lowest BCUT2D eigenvalue weighted by Crippen LogP contribution is -2.51. The molecule has 1 heterocycles. The monoisotopic (exact) mass is 488 g/mol. The maximum Gasteiger partial charge on any atom is 0.272 e. The Hall–Kier alpha value is -2.15. The van der Waals surface area contributed by atoms with E-state index in [1.807, 2.05) is 30.3 Å². The Labute approximate surface area is 204 Å². The highest BCUT2D eigenvalue weighted by atomic mass is 35.5. The number of carbonyl (C=O) groups excluding carboxylic acids is 1. The number of fused-ring (bicyclic) bond motifs is 1. The zero-order chi connectivity index (χ0) is 22.8. The molecule has 8 heteroatoms. The van der Waals surface area contributed by atoms with Gasteiger partial charge >= 0.3 is 0 Å². The van der Waals surface area contributed by atoms with E-state index >= 15 is 0 Å². The standard InChI is InChI=1S/C24H26Cl2N4OS/c1-14-7-10-16(11-8-14)27-24(32)29-22-23(31)30(2)20-12-9-15(25)13-18(20)21(28-22)17-5-3-4-6-19(17)26/h3-6,9,12-14,16,22H,7-8,10-11H2,1-2H3,(H2,27,29,32). The highest BCUT2D eigenvalue weighted by Crippen LogP contribution is 2.32. The van der Waals surface area contributed by atoms with Crippen molar-refractivity contribution in [2.75, 3.05) is 11.9 Å². The fourth-order valence-electron chi connectivity index (χ4n) is 4.26. The van der Waals surface area contributed by atoms with E-state index in [1.54, 1.807) is 24.1 Å². The van der Waals surface area contributed by atoms with Gasteiger partial charge in [-0.2, -0.15) is 0 Å². The van der Waals surface area contributed by atoms with E-state index in [0.29, 0.717) is 32.6 Å². The summed E-state index contributed by atoms with van der Waals surface area (Å²) >= 11 is 18.4. The van der Waals surface area contributed by atoms with Crippen LogP contribution in [0.3, 0.4) is 0 Å². The Balaban J connectivity index is 1.67. The third-order valence-electron chi connectivity index (χ3n) is 6.15. The fraction of sp³-hybridized carbons (Fsp3) is 0.375. The summed E-state index contributed by atoms with van der Waals surface area (Å²) < 4.78 is 0. The van der Waals surface area contributed by atoms with Crippen LogP contribution in [0.15, 0.2) is 47.5 Å². The van der Waals surface area contributed by atoms with Crippen molar-refractivity contribution in [3.8, 4) is 0 Å². The van der Waals surface area contributed by atoms with Crippen molar-refractivity contribution in [3.05, 3.63) is 63.6 Å². The predicted octanol–water partition coefficient (Wildman–Crippen LogP) is 5.18. The minimum atomic E-state index is -0.889. The van der Waals surface area contributed by atoms with Crippen LogP contribution in [0.4, 0.5) is 5.69 Å². The van der Waals surface area contributed by atoms with Gasteiger partial charge in [-0.3, -0.25) is 4.79 Å². The second kappa shape index (κ2) is 9.77. The van der Waals surface area contributed by atoms with Gasteiger partial charge in [0.05, 0.1) is 11.4 Å². The molecule has 1 aliphatic heterocycles. The van der Waals surface area contributed by atoms with Gasteiger partial charge in [0.2, 0.25) is 6.17 Å². The average molecular weight is 489 g/mol. The summed E-state index contributed by atoms with van der Waals surface area (Å²) in [6.45, 7) is 2.28. The van der Waals surface area contributed by atoms with Gasteiger partial charge in [0.1, 0.15) is 0 Å². The van der Waals surface area contributed by atoms with Crippen molar-refractivity contribution in [1.29, 1.82) is 0 Å². The van der Waals surface area contributed by atoms with Crippen LogP contribution in [0.2, 0.25) is 10.0 Å². The van der Waals surface area contributed by atoms with Crippen LogP contribution in [0.25, 0.3) is 0 Å². The Bertz CT molecular complexity index is 1070. The van der Waals surface area contributed by atoms with Crippen LogP contribution in [0, 0.1) is 5.92 Å². The first-order chi connectivity index (χ1) is 15.3. The summed E-state index contributed by atoms with van der Waals surface area (Å²) in [5, 5.41) is 8.04. The molecule has 2 aromatic carbocycles. The molecule has 5 nitrogen and oxygen atoms in total. The van der Waals surface area contributed by atoms with Gasteiger partial charge in [-0.05, 0) is 68.1 Å². The van der Waals surface area contributed by atoms with E-state index in [9.17, 15) is 4.79 Å². The number of carbonyl (C=O) groups is 1. The Kier molecular flexibility index (Phi) is 7.03. The molecule has 4 rings (SSSR count). The lowest BCUT2D eigenvalue weighted by atomic mass is 9.87. The second-order valence-corrected chi connectivity index (χ2v) is 9.75. The quantitative estimate of drug-likeness (QED) is 0.584. The van der Waals surface area contributed by atoms with Gasteiger partial charge in [-0.25, -0.2) is 4.99 Å². The molecule has 0 aromatic heterocycles. The molecule has 0 bridgehead atoms. The van der Waals surface area contributed by atoms with E-state index in [0.717, 1.165) is 29.9 Å². The number of nitrogens with zero attached hydrogens (tertiary/aromatic N) is 2. The largest absolute Gasteiger partial charge is 0.360 e. The minimum Gasteiger partial charge on any atom is -0.360 e. The van der Waals surface area contributed by atoms with Gasteiger partial charge in [0, 0.05) is 34.3 Å². The number of halogens is 2. The zero-order valence-corrected chi connectivity index (χ0v) is 20.4. The van der Waals surface area contributed by atoms with Crippen molar-refractivity contribution in [1.82, 2.24) is 10.6 Å². The van der Waals surface area contributed by atoms with Crippen LogP contribution in [0.5, 0.6) is 0 Å². The maximum absolute atomic E-state index is 13.3. The molecule has 1 saturated carbocycles. The molecule has 1 amide bonds. The maximum atomic E-state index is 13.3. The van der Waals surface area contributed by atoms with Gasteiger partial charge in [0.15, 0.2) is 5.11 Å². The normalized spacial score (nSPS) is 23.1. The lowest BCUT2D eigenvalue weighted by Gasteiger charge is -2.29. The second-order valence-electron chi connectivity index (χ2n) is 8.49. The van der Waals surface area contributed by atoms with Gasteiger partial charge < -0.3 is 15.5 Å². The Morgan fingerprint density at radius 2 is 1.78 bits per heavy atom. The SMILES string of the molecule is CC1CCC(NC(=S)NC2N=C(c3ccccc3Cl)c3cc(Cl)ccc3N(C)C2=O)CC1. The number of hydrogen-bond donors (Lipinski definition) is 2. The number of anilines is 1. The van der Waals surface area contributed by atoms with Gasteiger partial charge in [-0.15, -0.1) is 0 Å². The number of nitrogens with one attached hydrogen (secondary N) is 2. The average Bonchev–Trinajstić information content (AvgIpc) is 2.86. The van der Waals surface area contributed by atoms with Crippen LogP contribution >= 0.6 is 35.4 Å². The van der Waals surface area contributed by atoms with Crippen LogP contribution in [0.1, 0.15) is 43.7 Å². The van der Waals surface area contributed by atoms with Crippen molar-refractivity contribution >= 4 is 57.8 Å². The number of likely N-dealkylation sites (N-methyl/N-ethyl adjacent to an activating group) is 1. The number of amides is 1. The Morgan fingerprint density at radius 1 is 1.06 bits per heavy atom. The van der Waals surface area contributed by atoms with E-state index in [4.69, 9.17) is 40.4 Å². The summed E-state index contributed by atoms with van der Waals surface area (Å²) in [5.74, 6) is 0.539. The third kappa shape index (κ3) is 4.92. The van der Waals surface area contributed by atoms with E-state index in [-0.39, 0.29) is 5.91 Å². The first-order valence-electron chi connectivity index (χ1n) is 10.8. The highest BCUT2D eigenvalue weighted by molar-refractivity contribution is 7.80. The fourth-order valence-corrected chi connectivity index (χ4v) is 4.94. The molecule has 2 aromatic rings. The molecular weight excluding hydrogens is 463 g/mol. The number of aliphatic imine (C=N–C) groups is 1. The highest BCUT2D eigenvalue weighted by Gasteiger charge is 2.31. The number of rotatable bonds is 3. The van der Waals surface area contributed by atoms with Crippen molar-refractivity contribution < 1.29 is 4.79 Å². The van der Waals surface area contributed by atoms with Gasteiger partial charge in [0.25, 0.3) is 5.91 Å². The predicted molar refractivity (Wildman–Crippen MR) is 136 cm³/mol. The first-order valence-corrected chi connectivity index (χ1v) is 12.0. The topological polar surface area (TPSA) is 56.7 Å². The molecule has 168 valence electrons. The minimum absolute atomic E-state index is 0.211. The number of benzodiazepines with no additional fused rings is 1. The summed E-state index contributed by atoms with van der Waals surface area (Å²) in [6, 6.07) is 13.2. The van der Waals surface area contributed by atoms with Crippen molar-refractivity contribution in [3.63, 3.8) is 0 Å². The lowest BCUT2D eigenvalue weighted by molar-refractivity contribution is -0.119. The summed E-state index contributed by atoms with van der Waals surface area (Å²) in [7, 11) is 1.73. The first kappa shape index (κ1) is 23.0. The smallest absolute Gasteiger partial charge is 0.272 e. The van der Waals surface area contributed by atoms with Crippen LogP contribution < -0.4 is 15.5 Å².